The maximum absolute atomic E-state index is 13.8. The smallest absolute Gasteiger partial charge is 0.254 e. The van der Waals surface area contributed by atoms with E-state index in [1.165, 1.54) is 6.07 Å². The Labute approximate surface area is 161 Å². The van der Waals surface area contributed by atoms with Gasteiger partial charge in [-0.1, -0.05) is 30.3 Å². The van der Waals surface area contributed by atoms with Gasteiger partial charge in [0.05, 0.1) is 11.3 Å². The highest BCUT2D eigenvalue weighted by molar-refractivity contribution is 5.94. The molecule has 0 saturated carbocycles. The summed E-state index contributed by atoms with van der Waals surface area (Å²) in [5.41, 5.74) is 1.89. The van der Waals surface area contributed by atoms with Gasteiger partial charge in [0.1, 0.15) is 11.6 Å². The van der Waals surface area contributed by atoms with Gasteiger partial charge in [-0.2, -0.15) is 5.10 Å². The monoisotopic (exact) mass is 382 g/mol. The van der Waals surface area contributed by atoms with Crippen molar-refractivity contribution in [1.29, 1.82) is 0 Å². The number of halogens is 2. The van der Waals surface area contributed by atoms with Crippen LogP contribution in [0.2, 0.25) is 0 Å². The van der Waals surface area contributed by atoms with Crippen molar-refractivity contribution in [2.75, 3.05) is 18.0 Å². The fourth-order valence-electron chi connectivity index (χ4n) is 3.43. The van der Waals surface area contributed by atoms with Crippen molar-refractivity contribution in [3.8, 4) is 11.3 Å². The van der Waals surface area contributed by atoms with Crippen LogP contribution >= 0.6 is 0 Å². The van der Waals surface area contributed by atoms with Gasteiger partial charge in [-0.3, -0.25) is 9.89 Å². The molecule has 1 amide bonds. The number of carbonyl (C=O) groups excluding carboxylic acids is 1. The SMILES string of the molecule is O=C(NC1CCN(c2cc(-c3ccccc3)[nH]n2)CC1)c1ccc(F)cc1F. The highest BCUT2D eigenvalue weighted by Gasteiger charge is 2.24. The van der Waals surface area contributed by atoms with Crippen molar-refractivity contribution in [2.24, 2.45) is 0 Å². The minimum atomic E-state index is -0.847. The molecule has 2 heterocycles. The maximum Gasteiger partial charge on any atom is 0.254 e. The lowest BCUT2D eigenvalue weighted by molar-refractivity contribution is 0.0927. The zero-order valence-corrected chi connectivity index (χ0v) is 15.2. The minimum absolute atomic E-state index is 0.0549. The Kier molecular flexibility index (Phi) is 5.06. The average molecular weight is 382 g/mol. The number of H-pyrrole nitrogens is 1. The first kappa shape index (κ1) is 18.2. The van der Waals surface area contributed by atoms with Gasteiger partial charge in [-0.05, 0) is 30.5 Å². The molecule has 3 aromatic rings. The second-order valence-electron chi connectivity index (χ2n) is 6.86. The Morgan fingerprint density at radius 1 is 1.07 bits per heavy atom. The standard InChI is InChI=1S/C21H20F2N4O/c22-15-6-7-17(18(23)12-15)21(28)24-16-8-10-27(11-9-16)20-13-19(25-26-20)14-4-2-1-3-5-14/h1-7,12-13,16H,8-11H2,(H,24,28)(H,25,26). The number of nitrogens with one attached hydrogen (secondary N) is 2. The number of rotatable bonds is 4. The lowest BCUT2D eigenvalue weighted by Crippen LogP contribution is -2.45. The number of hydrogen-bond acceptors (Lipinski definition) is 3. The molecule has 1 fully saturated rings. The van der Waals surface area contributed by atoms with Crippen LogP contribution < -0.4 is 10.2 Å². The van der Waals surface area contributed by atoms with Gasteiger partial charge in [0.25, 0.3) is 5.91 Å². The molecule has 1 aliphatic rings. The fraction of sp³-hybridized carbons (Fsp3) is 0.238. The number of anilines is 1. The normalized spacial score (nSPS) is 14.9. The molecular weight excluding hydrogens is 362 g/mol. The van der Waals surface area contributed by atoms with Crippen LogP contribution in [0.3, 0.4) is 0 Å². The minimum Gasteiger partial charge on any atom is -0.355 e. The maximum atomic E-state index is 13.8. The highest BCUT2D eigenvalue weighted by Crippen LogP contribution is 2.24. The van der Waals surface area contributed by atoms with Crippen molar-refractivity contribution in [3.63, 3.8) is 0 Å². The Balaban J connectivity index is 1.35. The van der Waals surface area contributed by atoms with Crippen LogP contribution in [0.25, 0.3) is 11.3 Å². The Morgan fingerprint density at radius 2 is 1.82 bits per heavy atom. The van der Waals surface area contributed by atoms with Crippen molar-refractivity contribution >= 4 is 11.7 Å². The summed E-state index contributed by atoms with van der Waals surface area (Å²) in [6.07, 6.45) is 1.45. The predicted molar refractivity (Wildman–Crippen MR) is 103 cm³/mol. The Bertz CT molecular complexity index is 966. The van der Waals surface area contributed by atoms with Crippen molar-refractivity contribution < 1.29 is 13.6 Å². The summed E-state index contributed by atoms with van der Waals surface area (Å²) in [4.78, 5) is 14.4. The van der Waals surface area contributed by atoms with E-state index in [4.69, 9.17) is 0 Å². The summed E-state index contributed by atoms with van der Waals surface area (Å²) >= 11 is 0. The Hall–Kier alpha value is -3.22. The quantitative estimate of drug-likeness (QED) is 0.722. The summed E-state index contributed by atoms with van der Waals surface area (Å²) < 4.78 is 26.8. The van der Waals surface area contributed by atoms with E-state index in [0.29, 0.717) is 0 Å². The molecule has 2 N–H and O–H groups in total. The van der Waals surface area contributed by atoms with E-state index < -0.39 is 17.5 Å². The first-order valence-corrected chi connectivity index (χ1v) is 9.22. The molecule has 7 heteroatoms. The molecule has 2 aromatic carbocycles. The molecule has 0 atom stereocenters. The molecule has 4 rings (SSSR count). The first-order chi connectivity index (χ1) is 13.6. The lowest BCUT2D eigenvalue weighted by Gasteiger charge is -2.32. The number of benzene rings is 2. The van der Waals surface area contributed by atoms with Gasteiger partial charge < -0.3 is 10.2 Å². The molecule has 1 aliphatic heterocycles. The second-order valence-corrected chi connectivity index (χ2v) is 6.86. The molecule has 1 saturated heterocycles. The predicted octanol–water partition coefficient (Wildman–Crippen LogP) is 3.75. The van der Waals surface area contributed by atoms with E-state index in [9.17, 15) is 13.6 Å². The molecule has 5 nitrogen and oxygen atoms in total. The number of amides is 1. The van der Waals surface area contributed by atoms with Gasteiger partial charge in [-0.15, -0.1) is 0 Å². The summed E-state index contributed by atoms with van der Waals surface area (Å²) in [5.74, 6) is -1.19. The van der Waals surface area contributed by atoms with Crippen LogP contribution in [0, 0.1) is 11.6 Å². The number of piperidine rings is 1. The third kappa shape index (κ3) is 3.88. The van der Waals surface area contributed by atoms with Gasteiger partial charge >= 0.3 is 0 Å². The molecule has 1 aromatic heterocycles. The number of nitrogens with zero attached hydrogens (tertiary/aromatic N) is 2. The summed E-state index contributed by atoms with van der Waals surface area (Å²) in [6.45, 7) is 1.46. The summed E-state index contributed by atoms with van der Waals surface area (Å²) in [6, 6.07) is 14.9. The Morgan fingerprint density at radius 3 is 2.54 bits per heavy atom. The van der Waals surface area contributed by atoms with Crippen LogP contribution in [-0.4, -0.2) is 35.2 Å². The molecule has 0 unspecified atom stereocenters. The lowest BCUT2D eigenvalue weighted by atomic mass is 10.0. The average Bonchev–Trinajstić information content (AvgIpc) is 3.19. The molecule has 28 heavy (non-hydrogen) atoms. The fourth-order valence-corrected chi connectivity index (χ4v) is 3.43. The van der Waals surface area contributed by atoms with Gasteiger partial charge in [0.2, 0.25) is 0 Å². The molecular formula is C21H20F2N4O. The van der Waals surface area contributed by atoms with E-state index in [1.54, 1.807) is 0 Å². The number of aromatic amines is 1. The third-order valence-corrected chi connectivity index (χ3v) is 4.98. The van der Waals surface area contributed by atoms with Crippen LogP contribution in [0.5, 0.6) is 0 Å². The zero-order chi connectivity index (χ0) is 19.5. The highest BCUT2D eigenvalue weighted by atomic mass is 19.1. The van der Waals surface area contributed by atoms with E-state index in [0.717, 1.165) is 55.1 Å². The van der Waals surface area contributed by atoms with Gasteiger partial charge in [0, 0.05) is 31.3 Å². The number of aromatic nitrogens is 2. The molecule has 0 aliphatic carbocycles. The molecule has 144 valence electrons. The zero-order valence-electron chi connectivity index (χ0n) is 15.2. The molecule has 0 bridgehead atoms. The molecule has 0 spiro atoms. The van der Waals surface area contributed by atoms with Crippen LogP contribution in [0.1, 0.15) is 23.2 Å². The third-order valence-electron chi connectivity index (χ3n) is 4.98. The van der Waals surface area contributed by atoms with Crippen LogP contribution in [-0.2, 0) is 0 Å². The topological polar surface area (TPSA) is 61.0 Å². The van der Waals surface area contributed by atoms with E-state index >= 15 is 0 Å². The van der Waals surface area contributed by atoms with Gasteiger partial charge in [-0.25, -0.2) is 8.78 Å². The van der Waals surface area contributed by atoms with Crippen molar-refractivity contribution in [2.45, 2.75) is 18.9 Å². The van der Waals surface area contributed by atoms with Crippen molar-refractivity contribution in [3.05, 3.63) is 71.8 Å². The van der Waals surface area contributed by atoms with Gasteiger partial charge in [0.15, 0.2) is 5.82 Å². The number of carbonyl (C=O) groups is 1. The van der Waals surface area contributed by atoms with Crippen molar-refractivity contribution in [1.82, 2.24) is 15.5 Å². The summed E-state index contributed by atoms with van der Waals surface area (Å²) in [7, 11) is 0. The second kappa shape index (κ2) is 7.80. The van der Waals surface area contributed by atoms with Crippen LogP contribution in [0.15, 0.2) is 54.6 Å². The van der Waals surface area contributed by atoms with E-state index in [1.807, 2.05) is 36.4 Å². The van der Waals surface area contributed by atoms with E-state index in [-0.39, 0.29) is 11.6 Å². The molecule has 0 radical (unpaired) electrons. The van der Waals surface area contributed by atoms with Crippen LogP contribution in [0.4, 0.5) is 14.6 Å². The largest absolute Gasteiger partial charge is 0.355 e. The first-order valence-electron chi connectivity index (χ1n) is 9.22. The summed E-state index contributed by atoms with van der Waals surface area (Å²) in [5, 5.41) is 10.3. The van der Waals surface area contributed by atoms with E-state index in [2.05, 4.69) is 20.4 Å². The number of hydrogen-bond donors (Lipinski definition) is 2.